The Hall–Kier alpha value is -1.12. The molecule has 9 heteroatoms. The molecule has 0 aliphatic heterocycles. The van der Waals surface area contributed by atoms with Crippen LogP contribution in [0.4, 0.5) is 0 Å². The van der Waals surface area contributed by atoms with Crippen LogP contribution in [0.1, 0.15) is 41.4 Å². The molecule has 0 radical (unpaired) electrons. The average Bonchev–Trinajstić information content (AvgIpc) is 3.11. The lowest BCUT2D eigenvalue weighted by atomic mass is 10.2. The third-order valence-electron chi connectivity index (χ3n) is 2.90. The van der Waals surface area contributed by atoms with E-state index in [1.807, 2.05) is 0 Å². The zero-order valence-corrected chi connectivity index (χ0v) is 12.5. The van der Waals surface area contributed by atoms with Crippen LogP contribution in [0.3, 0.4) is 0 Å². The van der Waals surface area contributed by atoms with Crippen LogP contribution in [0.2, 0.25) is 0 Å². The molecule has 20 heavy (non-hydrogen) atoms. The van der Waals surface area contributed by atoms with Gasteiger partial charge in [0.05, 0.1) is 12.3 Å². The molecule has 1 heterocycles. The zero-order valence-electron chi connectivity index (χ0n) is 10.9. The van der Waals surface area contributed by atoms with Gasteiger partial charge in [0.15, 0.2) is 5.69 Å². The van der Waals surface area contributed by atoms with Crippen molar-refractivity contribution >= 4 is 25.7 Å². The molecule has 0 saturated heterocycles. The number of ether oxygens (including phenoxy) is 2. The highest BCUT2D eigenvalue weighted by Gasteiger charge is 2.36. The van der Waals surface area contributed by atoms with Crippen molar-refractivity contribution in [3.63, 3.8) is 0 Å². The quantitative estimate of drug-likeness (QED) is 0.463. The first kappa shape index (κ1) is 15.3. The summed E-state index contributed by atoms with van der Waals surface area (Å²) in [5, 5.41) is 6.33. The molecule has 0 bridgehead atoms. The van der Waals surface area contributed by atoms with Gasteiger partial charge in [0.2, 0.25) is 0 Å². The Morgan fingerprint density at radius 3 is 2.70 bits per heavy atom. The second kappa shape index (κ2) is 6.11. The molecule has 2 rings (SSSR count). The van der Waals surface area contributed by atoms with Crippen molar-refractivity contribution in [1.82, 2.24) is 10.2 Å². The molecule has 1 fully saturated rings. The van der Waals surface area contributed by atoms with Crippen LogP contribution in [0.5, 0.6) is 0 Å². The third-order valence-corrected chi connectivity index (χ3v) is 4.26. The second-order valence-corrected chi connectivity index (χ2v) is 7.01. The Morgan fingerprint density at radius 1 is 1.45 bits per heavy atom. The van der Waals surface area contributed by atoms with Gasteiger partial charge in [-0.1, -0.05) is 0 Å². The van der Waals surface area contributed by atoms with Crippen LogP contribution in [-0.4, -0.2) is 44.9 Å². The molecular formula is C11H15ClN2O5S. The van der Waals surface area contributed by atoms with E-state index in [1.54, 1.807) is 0 Å². The van der Waals surface area contributed by atoms with E-state index in [1.165, 1.54) is 7.11 Å². The Morgan fingerprint density at radius 2 is 2.15 bits per heavy atom. The highest BCUT2D eigenvalue weighted by Crippen LogP contribution is 2.43. The Labute approximate surface area is 121 Å². The molecule has 1 aromatic heterocycles. The van der Waals surface area contributed by atoms with Crippen LogP contribution in [0.15, 0.2) is 4.90 Å². The first-order chi connectivity index (χ1) is 9.45. The molecular weight excluding hydrogens is 308 g/mol. The number of nitrogens with zero attached hydrogens (tertiary/aromatic N) is 1. The number of esters is 1. The summed E-state index contributed by atoms with van der Waals surface area (Å²) in [5.74, 6) is -0.732. The predicted octanol–water partition coefficient (Wildman–Crippen LogP) is 1.41. The van der Waals surface area contributed by atoms with E-state index in [0.717, 1.165) is 12.8 Å². The summed E-state index contributed by atoms with van der Waals surface area (Å²) in [4.78, 5) is 11.6. The molecule has 0 spiro atoms. The molecule has 0 unspecified atom stereocenters. The smallest absolute Gasteiger partial charge is 0.360 e. The van der Waals surface area contributed by atoms with Crippen molar-refractivity contribution in [2.45, 2.75) is 30.1 Å². The van der Waals surface area contributed by atoms with E-state index in [9.17, 15) is 13.2 Å². The van der Waals surface area contributed by atoms with Crippen LogP contribution in [0.25, 0.3) is 0 Å². The molecule has 1 N–H and O–H groups in total. The van der Waals surface area contributed by atoms with Crippen LogP contribution >= 0.6 is 10.7 Å². The van der Waals surface area contributed by atoms with Crippen LogP contribution in [-0.2, 0) is 18.5 Å². The molecule has 0 amide bonds. The predicted molar refractivity (Wildman–Crippen MR) is 70.4 cm³/mol. The van der Waals surface area contributed by atoms with Gasteiger partial charge in [-0.25, -0.2) is 13.2 Å². The fourth-order valence-electron chi connectivity index (χ4n) is 1.82. The number of methoxy groups -OCH3 is 1. The van der Waals surface area contributed by atoms with E-state index in [-0.39, 0.29) is 23.1 Å². The highest BCUT2D eigenvalue weighted by molar-refractivity contribution is 8.13. The minimum Gasteiger partial charge on any atom is -0.461 e. The molecule has 7 nitrogen and oxygen atoms in total. The zero-order chi connectivity index (χ0) is 14.8. The number of hydrogen-bond acceptors (Lipinski definition) is 6. The maximum absolute atomic E-state index is 11.9. The standard InChI is InChI=1S/C11H15ClN2O5S/c1-18-5-2-6-19-11(15)9-10(20(12,16)17)8(13-14-9)7-3-4-7/h7H,2-6H2,1H3,(H,13,14). The van der Waals surface area contributed by atoms with Gasteiger partial charge in [-0.15, -0.1) is 0 Å². The number of H-pyrrole nitrogens is 1. The fraction of sp³-hybridized carbons (Fsp3) is 0.636. The fourth-order valence-corrected chi connectivity index (χ4v) is 3.12. The Kier molecular flexibility index (Phi) is 4.66. The Bertz CT molecular complexity index is 594. The maximum atomic E-state index is 11.9. The lowest BCUT2D eigenvalue weighted by Crippen LogP contribution is -2.11. The van der Waals surface area contributed by atoms with E-state index in [0.29, 0.717) is 18.7 Å². The number of halogens is 1. The number of carbonyl (C=O) groups is 1. The SMILES string of the molecule is COCCCOC(=O)c1n[nH]c(C2CC2)c1S(=O)(=O)Cl. The van der Waals surface area contributed by atoms with Gasteiger partial charge in [-0.3, -0.25) is 5.10 Å². The molecule has 1 aliphatic carbocycles. The summed E-state index contributed by atoms with van der Waals surface area (Å²) in [6.07, 6.45) is 2.22. The van der Waals surface area contributed by atoms with Gasteiger partial charge >= 0.3 is 5.97 Å². The third kappa shape index (κ3) is 3.50. The molecule has 0 aromatic carbocycles. The lowest BCUT2D eigenvalue weighted by Gasteiger charge is -2.04. The minimum atomic E-state index is -4.05. The number of hydrogen-bond donors (Lipinski definition) is 1. The first-order valence-electron chi connectivity index (χ1n) is 6.14. The number of carbonyl (C=O) groups excluding carboxylic acids is 1. The van der Waals surface area contributed by atoms with Crippen molar-refractivity contribution in [1.29, 1.82) is 0 Å². The lowest BCUT2D eigenvalue weighted by molar-refractivity contribution is 0.0457. The van der Waals surface area contributed by atoms with Crippen LogP contribution in [0, 0.1) is 0 Å². The van der Waals surface area contributed by atoms with Crippen molar-refractivity contribution in [3.8, 4) is 0 Å². The number of nitrogens with one attached hydrogen (secondary N) is 1. The molecule has 0 atom stereocenters. The van der Waals surface area contributed by atoms with Gasteiger partial charge in [-0.2, -0.15) is 5.10 Å². The van der Waals surface area contributed by atoms with Gasteiger partial charge in [0.25, 0.3) is 9.05 Å². The number of aromatic nitrogens is 2. The van der Waals surface area contributed by atoms with Gasteiger partial charge in [0.1, 0.15) is 4.90 Å². The van der Waals surface area contributed by atoms with Crippen molar-refractivity contribution in [3.05, 3.63) is 11.4 Å². The monoisotopic (exact) mass is 322 g/mol. The van der Waals surface area contributed by atoms with Gasteiger partial charge in [-0.05, 0) is 12.8 Å². The van der Waals surface area contributed by atoms with E-state index < -0.39 is 15.0 Å². The van der Waals surface area contributed by atoms with Crippen molar-refractivity contribution in [2.75, 3.05) is 20.3 Å². The molecule has 1 aliphatic rings. The van der Waals surface area contributed by atoms with Crippen LogP contribution < -0.4 is 0 Å². The maximum Gasteiger partial charge on any atom is 0.360 e. The summed E-state index contributed by atoms with van der Waals surface area (Å²) in [5.41, 5.74) is 0.114. The first-order valence-corrected chi connectivity index (χ1v) is 8.45. The van der Waals surface area contributed by atoms with E-state index in [2.05, 4.69) is 10.2 Å². The molecule has 1 saturated carbocycles. The largest absolute Gasteiger partial charge is 0.461 e. The summed E-state index contributed by atoms with van der Waals surface area (Å²) in [6.45, 7) is 0.571. The molecule has 1 aromatic rings. The van der Waals surface area contributed by atoms with Crippen molar-refractivity contribution < 1.29 is 22.7 Å². The topological polar surface area (TPSA) is 98.3 Å². The summed E-state index contributed by atoms with van der Waals surface area (Å²) < 4.78 is 33.0. The second-order valence-electron chi connectivity index (χ2n) is 4.51. The summed E-state index contributed by atoms with van der Waals surface area (Å²) in [6, 6.07) is 0. The van der Waals surface area contributed by atoms with E-state index >= 15 is 0 Å². The average molecular weight is 323 g/mol. The van der Waals surface area contributed by atoms with Crippen molar-refractivity contribution in [2.24, 2.45) is 0 Å². The van der Waals surface area contributed by atoms with E-state index in [4.69, 9.17) is 20.2 Å². The summed E-state index contributed by atoms with van der Waals surface area (Å²) >= 11 is 0. The molecule has 112 valence electrons. The number of rotatable bonds is 7. The highest BCUT2D eigenvalue weighted by atomic mass is 35.7. The number of aromatic amines is 1. The Balaban J connectivity index is 2.17. The van der Waals surface area contributed by atoms with Gasteiger partial charge < -0.3 is 9.47 Å². The van der Waals surface area contributed by atoms with Gasteiger partial charge in [0, 0.05) is 36.7 Å². The normalized spacial score (nSPS) is 15.3. The summed E-state index contributed by atoms with van der Waals surface area (Å²) in [7, 11) is 2.88. The minimum absolute atomic E-state index is 0.0704.